The molecule has 3 rings (SSSR count). The predicted molar refractivity (Wildman–Crippen MR) is 150 cm³/mol. The molecule has 3 aromatic rings. The molecule has 1 heterocycles. The average molecular weight is 534 g/mol. The Hall–Kier alpha value is -4.40. The van der Waals surface area contributed by atoms with Gasteiger partial charge in [-0.25, -0.2) is 14.2 Å². The van der Waals surface area contributed by atoms with Crippen molar-refractivity contribution in [1.82, 2.24) is 15.2 Å². The normalized spacial score (nSPS) is 12.3. The highest BCUT2D eigenvalue weighted by molar-refractivity contribution is 5.98. The summed E-state index contributed by atoms with van der Waals surface area (Å²) in [5, 5.41) is 5.78. The minimum absolute atomic E-state index is 0.0301. The van der Waals surface area contributed by atoms with Crippen LogP contribution in [-0.2, 0) is 30.3 Å². The lowest BCUT2D eigenvalue weighted by molar-refractivity contribution is -0.144. The molecule has 0 aliphatic heterocycles. The van der Waals surface area contributed by atoms with Crippen LogP contribution >= 0.6 is 0 Å². The van der Waals surface area contributed by atoms with Crippen LogP contribution in [0.25, 0.3) is 23.1 Å². The maximum absolute atomic E-state index is 13.5. The summed E-state index contributed by atoms with van der Waals surface area (Å²) in [6, 6.07) is 14.1. The van der Waals surface area contributed by atoms with E-state index < -0.39 is 29.6 Å². The van der Waals surface area contributed by atoms with Gasteiger partial charge in [-0.05, 0) is 51.0 Å². The Bertz CT molecular complexity index is 1400. The first-order chi connectivity index (χ1) is 18.4. The van der Waals surface area contributed by atoms with Gasteiger partial charge in [-0.3, -0.25) is 9.59 Å². The fourth-order valence-corrected chi connectivity index (χ4v) is 4.06. The first-order valence-electron chi connectivity index (χ1n) is 12.6. The number of methoxy groups -OCH3 is 1. The van der Waals surface area contributed by atoms with E-state index in [9.17, 15) is 19.2 Å². The van der Waals surface area contributed by atoms with Crippen LogP contribution in [0.3, 0.4) is 0 Å². The number of ether oxygens (including phenoxy) is 2. The number of fused-ring (bicyclic) bond motifs is 1. The first-order valence-corrected chi connectivity index (χ1v) is 12.6. The van der Waals surface area contributed by atoms with Gasteiger partial charge in [0.1, 0.15) is 11.6 Å². The van der Waals surface area contributed by atoms with Crippen molar-refractivity contribution in [3.63, 3.8) is 0 Å². The quantitative estimate of drug-likeness (QED) is 0.419. The molecule has 206 valence electrons. The van der Waals surface area contributed by atoms with Gasteiger partial charge in [0, 0.05) is 18.7 Å². The zero-order chi connectivity index (χ0) is 28.7. The molecule has 9 nitrogen and oxygen atoms in total. The second-order valence-electron chi connectivity index (χ2n) is 10.2. The number of nitrogens with one attached hydrogen (secondary N) is 2. The fraction of sp³-hybridized carbons (Fsp3) is 0.333. The van der Waals surface area contributed by atoms with E-state index in [4.69, 9.17) is 9.47 Å². The number of carbonyl (C=O) groups excluding carboxylic acids is 4. The number of benzene rings is 2. The van der Waals surface area contributed by atoms with Crippen molar-refractivity contribution in [2.24, 2.45) is 0 Å². The number of aryl methyl sites for hydroxylation is 1. The van der Waals surface area contributed by atoms with Gasteiger partial charge < -0.3 is 20.1 Å². The monoisotopic (exact) mass is 533 g/mol. The summed E-state index contributed by atoms with van der Waals surface area (Å²) in [4.78, 5) is 49.9. The third kappa shape index (κ3) is 7.80. The van der Waals surface area contributed by atoms with Gasteiger partial charge in [0.2, 0.25) is 11.8 Å². The van der Waals surface area contributed by atoms with Gasteiger partial charge in [-0.2, -0.15) is 0 Å². The van der Waals surface area contributed by atoms with Crippen LogP contribution in [0.15, 0.2) is 48.5 Å². The van der Waals surface area contributed by atoms with Crippen molar-refractivity contribution < 1.29 is 28.7 Å². The molecule has 2 aromatic carbocycles. The van der Waals surface area contributed by atoms with E-state index in [1.165, 1.54) is 18.6 Å². The molecule has 0 bridgehead atoms. The average Bonchev–Trinajstić information content (AvgIpc) is 3.18. The molecule has 39 heavy (non-hydrogen) atoms. The molecular formula is C30H35N3O6. The highest BCUT2D eigenvalue weighted by Gasteiger charge is 2.29. The van der Waals surface area contributed by atoms with E-state index >= 15 is 0 Å². The second-order valence-corrected chi connectivity index (χ2v) is 10.2. The number of aromatic nitrogens is 1. The van der Waals surface area contributed by atoms with E-state index in [2.05, 4.69) is 10.6 Å². The van der Waals surface area contributed by atoms with E-state index in [-0.39, 0.29) is 18.9 Å². The second kappa shape index (κ2) is 12.4. The molecular weight excluding hydrogens is 498 g/mol. The lowest BCUT2D eigenvalue weighted by Crippen LogP contribution is -2.46. The van der Waals surface area contributed by atoms with E-state index in [0.717, 1.165) is 16.5 Å². The van der Waals surface area contributed by atoms with Crippen molar-refractivity contribution in [2.75, 3.05) is 13.7 Å². The number of hydrogen-bond donors (Lipinski definition) is 2. The summed E-state index contributed by atoms with van der Waals surface area (Å²) < 4.78 is 12.2. The molecule has 2 amide bonds. The Kier molecular flexibility index (Phi) is 9.29. The van der Waals surface area contributed by atoms with Crippen LogP contribution in [-0.4, -0.2) is 53.7 Å². The molecule has 2 N–H and O–H groups in total. The van der Waals surface area contributed by atoms with Crippen LogP contribution in [0.4, 0.5) is 4.79 Å². The van der Waals surface area contributed by atoms with Crippen LogP contribution in [0.1, 0.15) is 50.1 Å². The Balaban J connectivity index is 2.15. The molecule has 0 fully saturated rings. The molecule has 1 atom stereocenters. The number of esters is 1. The number of amides is 2. The molecule has 0 saturated heterocycles. The zero-order valence-corrected chi connectivity index (χ0v) is 23.2. The summed E-state index contributed by atoms with van der Waals surface area (Å²) in [6.45, 7) is 8.37. The van der Waals surface area contributed by atoms with Crippen molar-refractivity contribution in [2.45, 2.75) is 52.7 Å². The molecule has 1 aromatic heterocycles. The number of nitrogens with zero attached hydrogens (tertiary/aromatic N) is 1. The fourth-order valence-electron chi connectivity index (χ4n) is 4.06. The van der Waals surface area contributed by atoms with E-state index in [0.29, 0.717) is 16.8 Å². The Labute approximate surface area is 228 Å². The van der Waals surface area contributed by atoms with Crippen molar-refractivity contribution >= 4 is 46.9 Å². The first kappa shape index (κ1) is 29.2. The molecule has 0 spiro atoms. The lowest BCUT2D eigenvalue weighted by Gasteiger charge is -2.21. The summed E-state index contributed by atoms with van der Waals surface area (Å²) in [6.07, 6.45) is 3.14. The lowest BCUT2D eigenvalue weighted by atomic mass is 10.0. The summed E-state index contributed by atoms with van der Waals surface area (Å²) in [7, 11) is 1.23. The van der Waals surface area contributed by atoms with E-state index in [1.807, 2.05) is 55.5 Å². The smallest absolute Gasteiger partial charge is 0.419 e. The molecule has 0 aliphatic carbocycles. The highest BCUT2D eigenvalue weighted by Crippen LogP contribution is 2.30. The molecule has 0 radical (unpaired) electrons. The van der Waals surface area contributed by atoms with Crippen molar-refractivity contribution in [3.8, 4) is 0 Å². The topological polar surface area (TPSA) is 116 Å². The third-order valence-corrected chi connectivity index (χ3v) is 5.83. The number of para-hydroxylation sites is 1. The van der Waals surface area contributed by atoms with Gasteiger partial charge in [0.05, 0.1) is 24.9 Å². The summed E-state index contributed by atoms with van der Waals surface area (Å²) >= 11 is 0. The Morgan fingerprint density at radius 3 is 2.28 bits per heavy atom. The standard InChI is InChI=1S/C30H35N3O6/c1-19-11-13-21(14-12-19)15-16-26-23(17-24(28(36)38-6)32-27(35)18-31-20(2)34)22-9-7-8-10-25(22)33(26)29(37)39-30(3,4)5/h7-16,24H,17-18H2,1-6H3,(H,31,34)(H,32,35)/b16-15+/t24-/m0/s1. The number of carbonyl (C=O) groups is 4. The van der Waals surface area contributed by atoms with Crippen LogP contribution in [0.2, 0.25) is 0 Å². The Morgan fingerprint density at radius 2 is 1.67 bits per heavy atom. The van der Waals surface area contributed by atoms with Crippen LogP contribution < -0.4 is 10.6 Å². The minimum atomic E-state index is -1.07. The van der Waals surface area contributed by atoms with Gasteiger partial charge in [-0.15, -0.1) is 0 Å². The molecule has 0 unspecified atom stereocenters. The predicted octanol–water partition coefficient (Wildman–Crippen LogP) is 4.24. The Morgan fingerprint density at radius 1 is 1.00 bits per heavy atom. The molecule has 0 aliphatic rings. The molecule has 9 heteroatoms. The van der Waals surface area contributed by atoms with Gasteiger partial charge >= 0.3 is 12.1 Å². The van der Waals surface area contributed by atoms with Gasteiger partial charge in [0.25, 0.3) is 0 Å². The van der Waals surface area contributed by atoms with Gasteiger partial charge in [0.15, 0.2) is 0 Å². The minimum Gasteiger partial charge on any atom is -0.467 e. The summed E-state index contributed by atoms with van der Waals surface area (Å²) in [5.74, 6) is -1.58. The van der Waals surface area contributed by atoms with Crippen LogP contribution in [0.5, 0.6) is 0 Å². The van der Waals surface area contributed by atoms with Crippen LogP contribution in [0, 0.1) is 6.92 Å². The molecule has 0 saturated carbocycles. The zero-order valence-electron chi connectivity index (χ0n) is 23.2. The highest BCUT2D eigenvalue weighted by atomic mass is 16.6. The SMILES string of the molecule is COC(=O)[C@H](Cc1c(/C=C/c2ccc(C)cc2)n(C(=O)OC(C)(C)C)c2ccccc12)NC(=O)CNC(C)=O. The largest absolute Gasteiger partial charge is 0.467 e. The van der Waals surface area contributed by atoms with E-state index in [1.54, 1.807) is 32.9 Å². The number of rotatable bonds is 8. The maximum atomic E-state index is 13.5. The van der Waals surface area contributed by atoms with Gasteiger partial charge in [-0.1, -0.05) is 54.1 Å². The third-order valence-electron chi connectivity index (χ3n) is 5.83. The number of hydrogen-bond acceptors (Lipinski definition) is 6. The van der Waals surface area contributed by atoms with Crippen molar-refractivity contribution in [1.29, 1.82) is 0 Å². The van der Waals surface area contributed by atoms with Crippen molar-refractivity contribution in [3.05, 3.63) is 70.9 Å². The maximum Gasteiger partial charge on any atom is 0.419 e. The summed E-state index contributed by atoms with van der Waals surface area (Å²) in [5.41, 5.74) is 3.05.